The molecule has 0 radical (unpaired) electrons. The molecule has 6 fully saturated rings. The van der Waals surface area contributed by atoms with Gasteiger partial charge in [-0.25, -0.2) is 64.7 Å². The van der Waals surface area contributed by atoms with Crippen molar-refractivity contribution in [1.82, 2.24) is 74.8 Å². The third-order valence-electron chi connectivity index (χ3n) is 28.7. The van der Waals surface area contributed by atoms with Crippen molar-refractivity contribution < 1.29 is 0 Å². The lowest BCUT2D eigenvalue weighted by molar-refractivity contribution is 0.443. The van der Waals surface area contributed by atoms with Crippen molar-refractivity contribution in [1.29, 1.82) is 0 Å². The summed E-state index contributed by atoms with van der Waals surface area (Å²) in [7, 11) is 0. The number of nitrogens with zero attached hydrogens (tertiary/aromatic N) is 19. The summed E-state index contributed by atoms with van der Waals surface area (Å²) in [4.78, 5) is 84.1. The van der Waals surface area contributed by atoms with Gasteiger partial charge < -0.3 is 0 Å². The van der Waals surface area contributed by atoms with Gasteiger partial charge in [-0.05, 0) is 254 Å². The number of hydrogen-bond acceptors (Lipinski definition) is 19. The summed E-state index contributed by atoms with van der Waals surface area (Å²) in [5.74, 6) is 5.96. The molecule has 21 rings (SSSR count). The molecule has 15 aromatic rings. The van der Waals surface area contributed by atoms with E-state index in [1.54, 1.807) is 60.7 Å². The van der Waals surface area contributed by atoms with Crippen molar-refractivity contribution in [2.45, 2.75) is 228 Å². The van der Waals surface area contributed by atoms with Gasteiger partial charge in [-0.15, -0.1) is 0 Å². The van der Waals surface area contributed by atoms with Gasteiger partial charge in [0, 0.05) is 196 Å². The molecule has 0 aliphatic heterocycles. The Morgan fingerprint density at radius 1 is 0.154 bits per heavy atom. The lowest BCUT2D eigenvalue weighted by atomic mass is 9.84. The molecule has 0 atom stereocenters. The van der Waals surface area contributed by atoms with Gasteiger partial charge in [0.2, 0.25) is 35.7 Å². The summed E-state index contributed by atoms with van der Waals surface area (Å²) < 4.78 is 0. The van der Waals surface area contributed by atoms with Crippen molar-refractivity contribution in [2.75, 3.05) is 19.6 Å². The van der Waals surface area contributed by atoms with Crippen LogP contribution in [0.5, 0.6) is 0 Å². The number of anilines is 12. The van der Waals surface area contributed by atoms with Crippen LogP contribution in [-0.4, -0.2) is 74.8 Å². The lowest BCUT2D eigenvalue weighted by Crippen LogP contribution is -2.18. The first-order chi connectivity index (χ1) is 64.4. The highest BCUT2D eigenvalue weighted by Crippen LogP contribution is 2.47. The van der Waals surface area contributed by atoms with Crippen LogP contribution in [0.25, 0.3) is 66.8 Å². The van der Waals surface area contributed by atoms with Crippen LogP contribution in [0.15, 0.2) is 275 Å². The van der Waals surface area contributed by atoms with Gasteiger partial charge in [0.15, 0.2) is 0 Å². The Hall–Kier alpha value is -13.6. The van der Waals surface area contributed by atoms with Gasteiger partial charge in [-0.2, -0.15) is 0 Å². The maximum atomic E-state index is 5.18. The topological polar surface area (TPSA) is 206 Å². The van der Waals surface area contributed by atoms with E-state index in [0.29, 0.717) is 70.0 Å². The summed E-state index contributed by atoms with van der Waals surface area (Å²) in [5, 5.41) is 0. The molecule has 0 saturated heterocycles. The Balaban J connectivity index is 0.595. The second-order valence-electron chi connectivity index (χ2n) is 36.8. The molecular formula is C111H111N19. The standard InChI is InChI=1S/C111H111N19/c1-7-19-76(20-8-1)82-31-43-94(44-32-82)127(95-45-33-83(34-46-95)77-21-9-2-10-22-77)106-115-61-88(62-116-106)100-55-58-112-73-103(100)91-67-121-109(122-68-91)130(110-123-69-92(70-124-110)104-74-113-59-56-101(104)89-63-117-107(118-64-89)128(96-47-35-84(36-48-96)78-23-11-3-12-24-78)97-49-37-85(38-50-97)79-25-13-4-14-26-79)111-125-71-93(72-126-111)105-75-114-60-57-102(105)90-65-119-108(120-66-90)129(98-51-39-86(40-52-98)80-27-15-5-16-28-80)99-53-41-87(42-54-99)81-29-17-6-18-30-81/h31-81H,1-30H2. The summed E-state index contributed by atoms with van der Waals surface area (Å²) >= 11 is 0. The van der Waals surface area contributed by atoms with Crippen LogP contribution in [-0.2, 0) is 0 Å². The zero-order valence-electron chi connectivity index (χ0n) is 74.2. The molecule has 0 bridgehead atoms. The largest absolute Gasteiger partial charge is 0.279 e. The van der Waals surface area contributed by atoms with E-state index < -0.39 is 0 Å². The average Bonchev–Trinajstić information content (AvgIpc) is 0.827. The SMILES string of the molecule is c1cc(-c2cnc(N(c3ccc(C4CCCCC4)cc3)c3ccc(C4CCCCC4)cc3)nc2)c(-c2cnc(N(c3ncc(-c4cnccc4-c4cnc(N(c5ccc(C6CCCCC6)cc5)c5ccc(C6CCCCC6)cc5)nc4)cn3)c3ncc(-c4cnccc4-c4cnc(N(c5ccc(C6CCCCC6)cc5)c5ccc(C6CCCCC6)cc5)nc4)cn3)nc2)cn1. The molecule has 19 nitrogen and oxygen atoms in total. The Labute approximate surface area is 763 Å². The number of pyridine rings is 3. The molecule has 6 aliphatic carbocycles. The molecule has 650 valence electrons. The quantitative estimate of drug-likeness (QED) is 0.0551. The summed E-state index contributed by atoms with van der Waals surface area (Å²) in [6.07, 6.45) is 71.3. The number of rotatable bonds is 24. The lowest BCUT2D eigenvalue weighted by Gasteiger charge is -2.26. The van der Waals surface area contributed by atoms with Crippen molar-refractivity contribution in [3.63, 3.8) is 0 Å². The van der Waals surface area contributed by atoms with Crippen molar-refractivity contribution in [3.05, 3.63) is 309 Å². The molecule has 6 saturated carbocycles. The predicted octanol–water partition coefficient (Wildman–Crippen LogP) is 28.8. The van der Waals surface area contributed by atoms with Crippen molar-refractivity contribution in [3.8, 4) is 66.8 Å². The Morgan fingerprint density at radius 2 is 0.308 bits per heavy atom. The minimum Gasteiger partial charge on any atom is -0.279 e. The minimum absolute atomic E-state index is 0.225. The van der Waals surface area contributed by atoms with Gasteiger partial charge >= 0.3 is 0 Å². The van der Waals surface area contributed by atoms with Gasteiger partial charge in [0.1, 0.15) is 0 Å². The second-order valence-corrected chi connectivity index (χ2v) is 36.8. The molecule has 0 N–H and O–H groups in total. The van der Waals surface area contributed by atoms with E-state index in [2.05, 4.69) is 175 Å². The number of benzene rings is 6. The molecule has 9 aromatic heterocycles. The predicted molar refractivity (Wildman–Crippen MR) is 520 cm³/mol. The third-order valence-corrected chi connectivity index (χ3v) is 28.7. The van der Waals surface area contributed by atoms with Crippen LogP contribution in [0.1, 0.15) is 262 Å². The first-order valence-electron chi connectivity index (χ1n) is 48.0. The highest BCUT2D eigenvalue weighted by molar-refractivity contribution is 5.86. The summed E-state index contributed by atoms with van der Waals surface area (Å²) in [6, 6.07) is 60.7. The third kappa shape index (κ3) is 18.3. The van der Waals surface area contributed by atoms with Crippen molar-refractivity contribution >= 4 is 69.8 Å². The molecule has 0 spiro atoms. The molecular weight excluding hydrogens is 1600 g/mol. The van der Waals surface area contributed by atoms with Gasteiger partial charge in [0.05, 0.1) is 0 Å². The fraction of sp³-hybridized carbons (Fsp3) is 0.324. The molecule has 0 amide bonds. The summed E-state index contributed by atoms with van der Waals surface area (Å²) in [6.45, 7) is 0. The van der Waals surface area contributed by atoms with Crippen LogP contribution in [0.3, 0.4) is 0 Å². The molecule has 9 heterocycles. The molecule has 0 unspecified atom stereocenters. The van der Waals surface area contributed by atoms with Crippen LogP contribution < -0.4 is 19.6 Å². The summed E-state index contributed by atoms with van der Waals surface area (Å²) in [5.41, 5.74) is 24.0. The van der Waals surface area contributed by atoms with Crippen LogP contribution in [0.2, 0.25) is 0 Å². The van der Waals surface area contributed by atoms with E-state index in [9.17, 15) is 0 Å². The molecule has 19 heteroatoms. The van der Waals surface area contributed by atoms with E-state index in [-0.39, 0.29) is 17.8 Å². The highest BCUT2D eigenvalue weighted by atomic mass is 15.4. The first-order valence-corrected chi connectivity index (χ1v) is 48.0. The van der Waals surface area contributed by atoms with Crippen LogP contribution in [0, 0.1) is 0 Å². The van der Waals surface area contributed by atoms with E-state index in [0.717, 1.165) is 84.2 Å². The Kier molecular flexibility index (Phi) is 25.1. The van der Waals surface area contributed by atoms with Gasteiger partial charge in [-0.1, -0.05) is 188 Å². The number of hydrogen-bond donors (Lipinski definition) is 0. The maximum absolute atomic E-state index is 5.18. The van der Waals surface area contributed by atoms with Crippen LogP contribution >= 0.6 is 0 Å². The Morgan fingerprint density at radius 3 is 0.477 bits per heavy atom. The average molecular weight is 1710 g/mol. The fourth-order valence-electron chi connectivity index (χ4n) is 21.5. The van der Waals surface area contributed by atoms with E-state index in [1.807, 2.05) is 74.0 Å². The zero-order chi connectivity index (χ0) is 86.7. The smallest absolute Gasteiger partial charge is 0.239 e. The Bertz CT molecular complexity index is 5430. The van der Waals surface area contributed by atoms with E-state index in [1.165, 1.54) is 226 Å². The number of aromatic nitrogens is 15. The van der Waals surface area contributed by atoms with Crippen LogP contribution in [0.4, 0.5) is 69.8 Å². The normalized spacial score (nSPS) is 16.4. The zero-order valence-corrected chi connectivity index (χ0v) is 74.2. The van der Waals surface area contributed by atoms with Gasteiger partial charge in [0.25, 0.3) is 0 Å². The highest BCUT2D eigenvalue weighted by Gasteiger charge is 2.30. The molecule has 130 heavy (non-hydrogen) atoms. The van der Waals surface area contributed by atoms with E-state index in [4.69, 9.17) is 59.8 Å². The van der Waals surface area contributed by atoms with E-state index >= 15 is 0 Å². The second kappa shape index (κ2) is 39.2. The van der Waals surface area contributed by atoms with Gasteiger partial charge in [-0.3, -0.25) is 29.7 Å². The first kappa shape index (κ1) is 83.4. The molecule has 6 aromatic carbocycles. The maximum Gasteiger partial charge on any atom is 0.239 e. The molecule has 6 aliphatic rings. The monoisotopic (exact) mass is 1710 g/mol. The fourth-order valence-corrected chi connectivity index (χ4v) is 21.5. The minimum atomic E-state index is 0.225. The van der Waals surface area contributed by atoms with Crippen molar-refractivity contribution in [2.24, 2.45) is 0 Å².